The van der Waals surface area contributed by atoms with Crippen LogP contribution in [0.3, 0.4) is 0 Å². The van der Waals surface area contributed by atoms with Crippen LogP contribution in [0.15, 0.2) is 54.6 Å². The van der Waals surface area contributed by atoms with E-state index in [4.69, 9.17) is 4.74 Å². The van der Waals surface area contributed by atoms with Gasteiger partial charge in [-0.3, -0.25) is 9.69 Å². The number of hydrogen-bond donors (Lipinski definition) is 1. The Bertz CT molecular complexity index is 1070. The maximum atomic E-state index is 13.1. The van der Waals surface area contributed by atoms with E-state index < -0.39 is 11.8 Å². The number of nitrogens with one attached hydrogen (secondary N) is 1. The van der Waals surface area contributed by atoms with Crippen LogP contribution < -0.4 is 5.32 Å². The molecule has 5 nitrogen and oxygen atoms in total. The van der Waals surface area contributed by atoms with Crippen LogP contribution >= 0.6 is 23.7 Å². The second-order valence-electron chi connectivity index (χ2n) is 7.11. The topological polar surface area (TPSA) is 58.6 Å². The molecule has 0 spiro atoms. The molecule has 0 saturated carbocycles. The molecule has 0 unspecified atom stereocenters. The third kappa shape index (κ3) is 5.12. The summed E-state index contributed by atoms with van der Waals surface area (Å²) in [6.07, 6.45) is 0.704. The fourth-order valence-electron chi connectivity index (χ4n) is 3.62. The number of anilines is 1. The highest BCUT2D eigenvalue weighted by atomic mass is 35.5. The van der Waals surface area contributed by atoms with Gasteiger partial charge in [0.05, 0.1) is 12.7 Å². The lowest BCUT2D eigenvalue weighted by Crippen LogP contribution is -2.29. The van der Waals surface area contributed by atoms with E-state index in [0.29, 0.717) is 29.1 Å². The highest BCUT2D eigenvalue weighted by Crippen LogP contribution is 2.38. The molecule has 1 N–H and O–H groups in total. The molecular formula is C23H22ClFN2O3S. The van der Waals surface area contributed by atoms with E-state index in [1.165, 1.54) is 48.3 Å². The van der Waals surface area contributed by atoms with Gasteiger partial charge >= 0.3 is 5.97 Å². The van der Waals surface area contributed by atoms with Gasteiger partial charge in [-0.2, -0.15) is 0 Å². The number of amides is 1. The van der Waals surface area contributed by atoms with Crippen molar-refractivity contribution in [1.82, 2.24) is 4.90 Å². The number of carbonyl (C=O) groups is 2. The van der Waals surface area contributed by atoms with Crippen LogP contribution in [0.5, 0.6) is 0 Å². The number of rotatable bonds is 5. The highest BCUT2D eigenvalue weighted by molar-refractivity contribution is 7.17. The Kier molecular flexibility index (Phi) is 7.43. The van der Waals surface area contributed by atoms with Crippen LogP contribution in [0.2, 0.25) is 0 Å². The van der Waals surface area contributed by atoms with Crippen molar-refractivity contribution in [2.45, 2.75) is 19.5 Å². The molecule has 3 aromatic rings. The van der Waals surface area contributed by atoms with E-state index >= 15 is 0 Å². The molecule has 2 aromatic carbocycles. The van der Waals surface area contributed by atoms with Gasteiger partial charge in [0.15, 0.2) is 0 Å². The summed E-state index contributed by atoms with van der Waals surface area (Å²) < 4.78 is 18.1. The van der Waals surface area contributed by atoms with Crippen molar-refractivity contribution in [2.75, 3.05) is 19.0 Å². The Morgan fingerprint density at radius 1 is 1.13 bits per heavy atom. The maximum Gasteiger partial charge on any atom is 0.341 e. The number of methoxy groups -OCH3 is 1. The molecule has 1 aromatic heterocycles. The van der Waals surface area contributed by atoms with Gasteiger partial charge in [-0.25, -0.2) is 9.18 Å². The number of benzene rings is 2. The van der Waals surface area contributed by atoms with Gasteiger partial charge in [-0.15, -0.1) is 23.7 Å². The molecule has 162 valence electrons. The summed E-state index contributed by atoms with van der Waals surface area (Å²) in [5.74, 6) is -1.26. The minimum Gasteiger partial charge on any atom is -0.465 e. The van der Waals surface area contributed by atoms with Crippen LogP contribution in [-0.2, 0) is 24.2 Å². The first-order chi connectivity index (χ1) is 14.5. The summed E-state index contributed by atoms with van der Waals surface area (Å²) in [7, 11) is 1.34. The minimum atomic E-state index is -0.460. The second-order valence-corrected chi connectivity index (χ2v) is 8.21. The van der Waals surface area contributed by atoms with E-state index in [9.17, 15) is 14.0 Å². The summed E-state index contributed by atoms with van der Waals surface area (Å²) in [6, 6.07) is 15.5. The van der Waals surface area contributed by atoms with Crippen molar-refractivity contribution >= 4 is 40.6 Å². The molecule has 0 bridgehead atoms. The smallest absolute Gasteiger partial charge is 0.341 e. The number of halogens is 2. The third-order valence-electron chi connectivity index (χ3n) is 5.11. The summed E-state index contributed by atoms with van der Waals surface area (Å²) in [5.41, 5.74) is 2.91. The number of nitrogens with zero attached hydrogens (tertiary/aromatic N) is 1. The van der Waals surface area contributed by atoms with E-state index in [1.54, 1.807) is 0 Å². The van der Waals surface area contributed by atoms with Crippen molar-refractivity contribution in [3.63, 3.8) is 0 Å². The van der Waals surface area contributed by atoms with Gasteiger partial charge in [0.25, 0.3) is 5.91 Å². The molecule has 1 amide bonds. The van der Waals surface area contributed by atoms with Crippen LogP contribution in [-0.4, -0.2) is 30.4 Å². The molecule has 0 radical (unpaired) electrons. The van der Waals surface area contributed by atoms with Crippen LogP contribution in [0.25, 0.3) is 0 Å². The van der Waals surface area contributed by atoms with Crippen LogP contribution in [0, 0.1) is 5.82 Å². The lowest BCUT2D eigenvalue weighted by atomic mass is 10.0. The van der Waals surface area contributed by atoms with E-state index in [0.717, 1.165) is 23.5 Å². The molecule has 1 aliphatic rings. The minimum absolute atomic E-state index is 0. The van der Waals surface area contributed by atoms with Gasteiger partial charge in [0.2, 0.25) is 0 Å². The molecular weight excluding hydrogens is 439 g/mol. The standard InChI is InChI=1S/C23H21FN2O3S.ClH/c1-29-23(28)20-18-11-12-26(13-15-5-3-2-4-6-15)14-19(18)30-22(20)25-21(27)16-7-9-17(24)10-8-16;/h2-10H,11-14H2,1H3,(H,25,27);1H. The Labute approximate surface area is 190 Å². The summed E-state index contributed by atoms with van der Waals surface area (Å²) in [5, 5.41) is 3.30. The molecule has 0 atom stereocenters. The SMILES string of the molecule is COC(=O)c1c(NC(=O)c2ccc(F)cc2)sc2c1CCN(Cc1ccccc1)C2.Cl. The quantitative estimate of drug-likeness (QED) is 0.550. The molecule has 8 heteroatoms. The number of carbonyl (C=O) groups excluding carboxylic acids is 2. The van der Waals surface area contributed by atoms with Crippen molar-refractivity contribution < 1.29 is 18.7 Å². The number of thiophene rings is 1. The number of ether oxygens (including phenoxy) is 1. The van der Waals surface area contributed by atoms with Crippen molar-refractivity contribution in [3.8, 4) is 0 Å². The van der Waals surface area contributed by atoms with Gasteiger partial charge in [0, 0.05) is 30.1 Å². The normalized spacial score (nSPS) is 13.1. The van der Waals surface area contributed by atoms with E-state index in [-0.39, 0.29) is 18.3 Å². The zero-order valence-electron chi connectivity index (χ0n) is 16.9. The third-order valence-corrected chi connectivity index (χ3v) is 6.24. The van der Waals surface area contributed by atoms with E-state index in [1.807, 2.05) is 18.2 Å². The van der Waals surface area contributed by atoms with Gasteiger partial charge in [-0.05, 0) is 41.8 Å². The molecule has 4 rings (SSSR count). The maximum absolute atomic E-state index is 13.1. The second kappa shape index (κ2) is 10.0. The average molecular weight is 461 g/mol. The zero-order valence-corrected chi connectivity index (χ0v) is 18.5. The number of hydrogen-bond acceptors (Lipinski definition) is 5. The summed E-state index contributed by atoms with van der Waals surface area (Å²) >= 11 is 1.40. The lowest BCUT2D eigenvalue weighted by molar-refractivity contribution is 0.0600. The lowest BCUT2D eigenvalue weighted by Gasteiger charge is -2.27. The Morgan fingerprint density at radius 2 is 1.84 bits per heavy atom. The first-order valence-corrected chi connectivity index (χ1v) is 10.4. The summed E-state index contributed by atoms with van der Waals surface area (Å²) in [4.78, 5) is 28.5. The summed E-state index contributed by atoms with van der Waals surface area (Å²) in [6.45, 7) is 2.34. The monoisotopic (exact) mass is 460 g/mol. The fourth-order valence-corrected chi connectivity index (χ4v) is 4.89. The Balaban J connectivity index is 0.00000272. The van der Waals surface area contributed by atoms with Gasteiger partial charge < -0.3 is 10.1 Å². The largest absolute Gasteiger partial charge is 0.465 e. The predicted molar refractivity (Wildman–Crippen MR) is 122 cm³/mol. The van der Waals surface area contributed by atoms with Crippen molar-refractivity contribution in [3.05, 3.63) is 87.5 Å². The molecule has 0 fully saturated rings. The fraction of sp³-hybridized carbons (Fsp3) is 0.217. The first kappa shape index (κ1) is 22.9. The van der Waals surface area contributed by atoms with Crippen molar-refractivity contribution in [2.24, 2.45) is 0 Å². The number of esters is 1. The van der Waals surface area contributed by atoms with Gasteiger partial charge in [0.1, 0.15) is 10.8 Å². The Hall–Kier alpha value is -2.74. The van der Waals surface area contributed by atoms with E-state index in [2.05, 4.69) is 22.3 Å². The molecule has 0 saturated heterocycles. The molecule has 0 aliphatic carbocycles. The van der Waals surface area contributed by atoms with Crippen LogP contribution in [0.1, 0.15) is 36.7 Å². The zero-order chi connectivity index (χ0) is 21.1. The first-order valence-electron chi connectivity index (χ1n) is 9.61. The molecule has 31 heavy (non-hydrogen) atoms. The predicted octanol–water partition coefficient (Wildman–Crippen LogP) is 4.91. The molecule has 1 aliphatic heterocycles. The molecule has 2 heterocycles. The van der Waals surface area contributed by atoms with Crippen molar-refractivity contribution in [1.29, 1.82) is 0 Å². The Morgan fingerprint density at radius 3 is 2.52 bits per heavy atom. The van der Waals surface area contributed by atoms with Gasteiger partial charge in [-0.1, -0.05) is 30.3 Å². The number of fused-ring (bicyclic) bond motifs is 1. The van der Waals surface area contributed by atoms with Crippen LogP contribution in [0.4, 0.5) is 9.39 Å². The average Bonchev–Trinajstić information content (AvgIpc) is 3.11. The highest BCUT2D eigenvalue weighted by Gasteiger charge is 2.29.